The Kier molecular flexibility index (Phi) is 6.51. The normalized spacial score (nSPS) is 17.6. The molecule has 26 heavy (non-hydrogen) atoms. The van der Waals surface area contributed by atoms with Gasteiger partial charge in [0.1, 0.15) is 0 Å². The molecule has 2 heterocycles. The SMILES string of the molecule is CCCCc1noc(CN2CCCC2C(=O)Nc2cc(Cl)cc(Cl)c2)n1. The van der Waals surface area contributed by atoms with E-state index < -0.39 is 0 Å². The Morgan fingerprint density at radius 2 is 2.12 bits per heavy atom. The molecular formula is C18H22Cl2N4O2. The lowest BCUT2D eigenvalue weighted by Crippen LogP contribution is -2.39. The number of hydrogen-bond donors (Lipinski definition) is 1. The Morgan fingerprint density at radius 1 is 1.35 bits per heavy atom. The van der Waals surface area contributed by atoms with Gasteiger partial charge in [0.25, 0.3) is 0 Å². The number of benzene rings is 1. The molecule has 1 fully saturated rings. The van der Waals surface area contributed by atoms with E-state index in [1.165, 1.54) is 0 Å². The Hall–Kier alpha value is -1.63. The van der Waals surface area contributed by atoms with Gasteiger partial charge >= 0.3 is 0 Å². The van der Waals surface area contributed by atoms with E-state index in [0.29, 0.717) is 28.2 Å². The third kappa shape index (κ3) is 4.96. The Balaban J connectivity index is 1.62. The number of amides is 1. The number of rotatable bonds is 7. The first-order valence-corrected chi connectivity index (χ1v) is 9.63. The van der Waals surface area contributed by atoms with E-state index in [-0.39, 0.29) is 11.9 Å². The van der Waals surface area contributed by atoms with Crippen LogP contribution < -0.4 is 5.32 Å². The van der Waals surface area contributed by atoms with Crippen LogP contribution in [0.4, 0.5) is 5.69 Å². The van der Waals surface area contributed by atoms with Crippen LogP contribution in [0.3, 0.4) is 0 Å². The number of hydrogen-bond acceptors (Lipinski definition) is 5. The van der Waals surface area contributed by atoms with Gasteiger partial charge in [0.2, 0.25) is 11.8 Å². The summed E-state index contributed by atoms with van der Waals surface area (Å²) in [5.74, 6) is 1.21. The third-order valence-corrected chi connectivity index (χ3v) is 4.84. The van der Waals surface area contributed by atoms with Crippen molar-refractivity contribution in [1.82, 2.24) is 15.0 Å². The predicted molar refractivity (Wildman–Crippen MR) is 101 cm³/mol. The maximum atomic E-state index is 12.7. The summed E-state index contributed by atoms with van der Waals surface area (Å²) in [4.78, 5) is 19.2. The highest BCUT2D eigenvalue weighted by molar-refractivity contribution is 6.35. The zero-order valence-electron chi connectivity index (χ0n) is 14.7. The van der Waals surface area contributed by atoms with Crippen LogP contribution in [0.2, 0.25) is 10.0 Å². The minimum atomic E-state index is -0.237. The molecule has 0 bridgehead atoms. The fourth-order valence-electron chi connectivity index (χ4n) is 3.13. The van der Waals surface area contributed by atoms with Gasteiger partial charge in [-0.15, -0.1) is 0 Å². The summed E-state index contributed by atoms with van der Waals surface area (Å²) in [5.41, 5.74) is 0.596. The molecular weight excluding hydrogens is 375 g/mol. The van der Waals surface area contributed by atoms with E-state index in [1.807, 2.05) is 0 Å². The first kappa shape index (κ1) is 19.1. The molecule has 1 unspecified atom stereocenters. The minimum Gasteiger partial charge on any atom is -0.338 e. The molecule has 1 atom stereocenters. The minimum absolute atomic E-state index is 0.0773. The van der Waals surface area contributed by atoms with Crippen LogP contribution in [-0.2, 0) is 17.8 Å². The number of nitrogens with one attached hydrogen (secondary N) is 1. The number of aromatic nitrogens is 2. The lowest BCUT2D eigenvalue weighted by Gasteiger charge is -2.22. The molecule has 2 aromatic rings. The second kappa shape index (κ2) is 8.84. The van der Waals surface area contributed by atoms with Crippen LogP contribution in [0.25, 0.3) is 0 Å². The van der Waals surface area contributed by atoms with E-state index >= 15 is 0 Å². The largest absolute Gasteiger partial charge is 0.338 e. The maximum Gasteiger partial charge on any atom is 0.241 e. The quantitative estimate of drug-likeness (QED) is 0.753. The number of carbonyl (C=O) groups is 1. The second-order valence-corrected chi connectivity index (χ2v) is 7.36. The first-order chi connectivity index (χ1) is 12.5. The summed E-state index contributed by atoms with van der Waals surface area (Å²) in [6.07, 6.45) is 4.68. The molecule has 140 valence electrons. The van der Waals surface area contributed by atoms with Crippen LogP contribution in [0.5, 0.6) is 0 Å². The molecule has 0 radical (unpaired) electrons. The lowest BCUT2D eigenvalue weighted by molar-refractivity contribution is -0.120. The smallest absolute Gasteiger partial charge is 0.241 e. The van der Waals surface area contributed by atoms with Crippen molar-refractivity contribution in [3.05, 3.63) is 40.0 Å². The Labute approximate surface area is 162 Å². The summed E-state index contributed by atoms with van der Waals surface area (Å²) in [6.45, 7) is 3.43. The molecule has 3 rings (SSSR count). The summed E-state index contributed by atoms with van der Waals surface area (Å²) in [6, 6.07) is 4.76. The summed E-state index contributed by atoms with van der Waals surface area (Å²) in [5, 5.41) is 7.88. The number of halogens is 2. The zero-order chi connectivity index (χ0) is 18.5. The van der Waals surface area contributed by atoms with Gasteiger partial charge in [-0.2, -0.15) is 4.98 Å². The van der Waals surface area contributed by atoms with Crippen molar-refractivity contribution in [1.29, 1.82) is 0 Å². The molecule has 1 aliphatic rings. The van der Waals surface area contributed by atoms with Gasteiger partial charge in [0.15, 0.2) is 5.82 Å². The van der Waals surface area contributed by atoms with E-state index in [1.54, 1.807) is 18.2 Å². The maximum absolute atomic E-state index is 12.7. The highest BCUT2D eigenvalue weighted by atomic mass is 35.5. The van der Waals surface area contributed by atoms with E-state index in [9.17, 15) is 4.79 Å². The molecule has 1 aliphatic heterocycles. The number of nitrogens with zero attached hydrogens (tertiary/aromatic N) is 3. The molecule has 6 nitrogen and oxygen atoms in total. The fraction of sp³-hybridized carbons (Fsp3) is 0.500. The number of anilines is 1. The lowest BCUT2D eigenvalue weighted by atomic mass is 10.2. The number of aryl methyl sites for hydroxylation is 1. The molecule has 1 aromatic carbocycles. The van der Waals surface area contributed by atoms with E-state index in [4.69, 9.17) is 27.7 Å². The van der Waals surface area contributed by atoms with E-state index in [2.05, 4.69) is 27.3 Å². The number of unbranched alkanes of at least 4 members (excludes halogenated alkanes) is 1. The molecule has 8 heteroatoms. The highest BCUT2D eigenvalue weighted by Crippen LogP contribution is 2.25. The average Bonchev–Trinajstić information content (AvgIpc) is 3.21. The molecule has 1 N–H and O–H groups in total. The fourth-order valence-corrected chi connectivity index (χ4v) is 3.65. The van der Waals surface area contributed by atoms with Crippen LogP contribution >= 0.6 is 23.2 Å². The van der Waals surface area contributed by atoms with Gasteiger partial charge < -0.3 is 9.84 Å². The summed E-state index contributed by atoms with van der Waals surface area (Å²) < 4.78 is 5.33. The highest BCUT2D eigenvalue weighted by Gasteiger charge is 2.32. The van der Waals surface area contributed by atoms with E-state index in [0.717, 1.165) is 44.5 Å². The summed E-state index contributed by atoms with van der Waals surface area (Å²) in [7, 11) is 0. The van der Waals surface area contributed by atoms with Crippen LogP contribution in [0.1, 0.15) is 44.3 Å². The summed E-state index contributed by atoms with van der Waals surface area (Å²) >= 11 is 12.0. The topological polar surface area (TPSA) is 71.3 Å². The van der Waals surface area contributed by atoms with Crippen molar-refractivity contribution >= 4 is 34.8 Å². The van der Waals surface area contributed by atoms with Crippen LogP contribution in [0.15, 0.2) is 22.7 Å². The first-order valence-electron chi connectivity index (χ1n) is 8.87. The second-order valence-electron chi connectivity index (χ2n) is 6.48. The molecule has 1 aromatic heterocycles. The number of likely N-dealkylation sites (tertiary alicyclic amines) is 1. The molecule has 1 saturated heterocycles. The van der Waals surface area contributed by atoms with Gasteiger partial charge in [-0.25, -0.2) is 0 Å². The molecule has 0 saturated carbocycles. The van der Waals surface area contributed by atoms with Gasteiger partial charge in [-0.3, -0.25) is 9.69 Å². The van der Waals surface area contributed by atoms with Crippen molar-refractivity contribution in [2.45, 2.75) is 51.6 Å². The Bertz CT molecular complexity index is 745. The van der Waals surface area contributed by atoms with Crippen molar-refractivity contribution in [3.8, 4) is 0 Å². The number of carbonyl (C=O) groups excluding carboxylic acids is 1. The molecule has 0 spiro atoms. The predicted octanol–water partition coefficient (Wildman–Crippen LogP) is 4.32. The third-order valence-electron chi connectivity index (χ3n) is 4.40. The van der Waals surface area contributed by atoms with Gasteiger partial charge in [-0.05, 0) is 44.0 Å². The van der Waals surface area contributed by atoms with Gasteiger partial charge in [0, 0.05) is 22.2 Å². The van der Waals surface area contributed by atoms with Crippen molar-refractivity contribution in [2.75, 3.05) is 11.9 Å². The zero-order valence-corrected chi connectivity index (χ0v) is 16.2. The van der Waals surface area contributed by atoms with Crippen molar-refractivity contribution in [2.24, 2.45) is 0 Å². The van der Waals surface area contributed by atoms with Crippen molar-refractivity contribution in [3.63, 3.8) is 0 Å². The molecule has 1 amide bonds. The Morgan fingerprint density at radius 3 is 2.85 bits per heavy atom. The average molecular weight is 397 g/mol. The van der Waals surface area contributed by atoms with Crippen LogP contribution in [-0.4, -0.2) is 33.5 Å². The molecule has 0 aliphatic carbocycles. The van der Waals surface area contributed by atoms with Crippen molar-refractivity contribution < 1.29 is 9.32 Å². The van der Waals surface area contributed by atoms with Gasteiger partial charge in [-0.1, -0.05) is 41.7 Å². The van der Waals surface area contributed by atoms with Crippen LogP contribution in [0, 0.1) is 0 Å². The van der Waals surface area contributed by atoms with Gasteiger partial charge in [0.05, 0.1) is 12.6 Å². The standard InChI is InChI=1S/C18H22Cl2N4O2/c1-2-3-6-16-22-17(26-23-16)11-24-7-4-5-15(24)18(25)21-14-9-12(19)8-13(20)10-14/h8-10,15H,2-7,11H2,1H3,(H,21,25). The monoisotopic (exact) mass is 396 g/mol.